The monoisotopic (exact) mass is 229 g/mol. The standard InChI is InChI=1S/C14H15NO2/c16-13-6-5-10-3-1-2-4-11(10)14(13)12-9-17-8-7-15-12/h1-6,12,15-16H,7-9H2/t12-/m0/s1. The van der Waals surface area contributed by atoms with Gasteiger partial charge in [0.2, 0.25) is 0 Å². The van der Waals surface area contributed by atoms with Crippen molar-refractivity contribution in [2.75, 3.05) is 19.8 Å². The summed E-state index contributed by atoms with van der Waals surface area (Å²) < 4.78 is 5.47. The molecule has 1 fully saturated rings. The lowest BCUT2D eigenvalue weighted by Gasteiger charge is -2.26. The molecule has 2 N–H and O–H groups in total. The van der Waals surface area contributed by atoms with Crippen molar-refractivity contribution in [2.24, 2.45) is 0 Å². The third-order valence-corrected chi connectivity index (χ3v) is 3.22. The highest BCUT2D eigenvalue weighted by Gasteiger charge is 2.20. The van der Waals surface area contributed by atoms with Gasteiger partial charge in [-0.3, -0.25) is 0 Å². The van der Waals surface area contributed by atoms with Crippen LogP contribution in [0.5, 0.6) is 5.75 Å². The Morgan fingerprint density at radius 1 is 1.18 bits per heavy atom. The number of rotatable bonds is 1. The molecule has 0 unspecified atom stereocenters. The lowest BCUT2D eigenvalue weighted by atomic mass is 9.97. The largest absolute Gasteiger partial charge is 0.508 e. The maximum Gasteiger partial charge on any atom is 0.121 e. The van der Waals surface area contributed by atoms with Gasteiger partial charge in [0.05, 0.1) is 19.3 Å². The normalized spacial score (nSPS) is 20.6. The van der Waals surface area contributed by atoms with Crippen molar-refractivity contribution in [3.63, 3.8) is 0 Å². The van der Waals surface area contributed by atoms with Crippen LogP contribution in [0.4, 0.5) is 0 Å². The second kappa shape index (κ2) is 4.35. The van der Waals surface area contributed by atoms with E-state index in [1.54, 1.807) is 6.07 Å². The first-order valence-electron chi connectivity index (χ1n) is 5.88. The number of hydrogen-bond donors (Lipinski definition) is 2. The van der Waals surface area contributed by atoms with Gasteiger partial charge >= 0.3 is 0 Å². The van der Waals surface area contributed by atoms with Gasteiger partial charge in [-0.1, -0.05) is 30.3 Å². The van der Waals surface area contributed by atoms with E-state index in [4.69, 9.17) is 4.74 Å². The molecular weight excluding hydrogens is 214 g/mol. The number of phenolic OH excluding ortho intramolecular Hbond substituents is 1. The van der Waals surface area contributed by atoms with Gasteiger partial charge in [0.25, 0.3) is 0 Å². The molecule has 1 aliphatic heterocycles. The Bertz CT molecular complexity index is 533. The van der Waals surface area contributed by atoms with E-state index in [0.717, 1.165) is 29.5 Å². The summed E-state index contributed by atoms with van der Waals surface area (Å²) in [5.74, 6) is 0.340. The molecule has 0 aliphatic carbocycles. The Labute approximate surface area is 100 Å². The van der Waals surface area contributed by atoms with E-state index in [0.29, 0.717) is 12.4 Å². The lowest BCUT2D eigenvalue weighted by molar-refractivity contribution is 0.0765. The Kier molecular flexibility index (Phi) is 2.71. The fourth-order valence-electron chi connectivity index (χ4n) is 2.40. The van der Waals surface area contributed by atoms with Gasteiger partial charge in [0, 0.05) is 12.1 Å². The maximum absolute atomic E-state index is 10.1. The molecule has 0 spiro atoms. The zero-order valence-corrected chi connectivity index (χ0v) is 9.52. The first-order chi connectivity index (χ1) is 8.36. The van der Waals surface area contributed by atoms with E-state index in [9.17, 15) is 5.11 Å². The average Bonchev–Trinajstić information content (AvgIpc) is 2.39. The van der Waals surface area contributed by atoms with Gasteiger partial charge in [0.15, 0.2) is 0 Å². The van der Waals surface area contributed by atoms with Crippen LogP contribution in [0.1, 0.15) is 11.6 Å². The molecule has 0 amide bonds. The van der Waals surface area contributed by atoms with E-state index >= 15 is 0 Å². The third-order valence-electron chi connectivity index (χ3n) is 3.22. The highest BCUT2D eigenvalue weighted by atomic mass is 16.5. The fraction of sp³-hybridized carbons (Fsp3) is 0.286. The lowest BCUT2D eigenvalue weighted by Crippen LogP contribution is -2.34. The fourth-order valence-corrected chi connectivity index (χ4v) is 2.40. The number of phenols is 1. The summed E-state index contributed by atoms with van der Waals surface area (Å²) >= 11 is 0. The Morgan fingerprint density at radius 2 is 2.06 bits per heavy atom. The molecule has 88 valence electrons. The van der Waals surface area contributed by atoms with E-state index in [-0.39, 0.29) is 6.04 Å². The first kappa shape index (κ1) is 10.6. The van der Waals surface area contributed by atoms with Crippen LogP contribution in [0.15, 0.2) is 36.4 Å². The van der Waals surface area contributed by atoms with Gasteiger partial charge in [-0.25, -0.2) is 0 Å². The molecule has 2 aromatic rings. The summed E-state index contributed by atoms with van der Waals surface area (Å²) in [6.45, 7) is 2.18. The molecule has 0 radical (unpaired) electrons. The summed E-state index contributed by atoms with van der Waals surface area (Å²) in [5.41, 5.74) is 0.947. The van der Waals surface area contributed by atoms with Crippen LogP contribution in [-0.4, -0.2) is 24.9 Å². The van der Waals surface area contributed by atoms with Gasteiger partial charge in [-0.15, -0.1) is 0 Å². The van der Waals surface area contributed by atoms with Crippen molar-refractivity contribution in [3.05, 3.63) is 42.0 Å². The zero-order valence-electron chi connectivity index (χ0n) is 9.52. The molecular formula is C14H15NO2. The van der Waals surface area contributed by atoms with Crippen LogP contribution in [0.2, 0.25) is 0 Å². The molecule has 0 saturated carbocycles. The van der Waals surface area contributed by atoms with Crippen LogP contribution >= 0.6 is 0 Å². The van der Waals surface area contributed by atoms with Crippen LogP contribution in [0, 0.1) is 0 Å². The summed E-state index contributed by atoms with van der Waals surface area (Å²) in [7, 11) is 0. The van der Waals surface area contributed by atoms with Crippen LogP contribution < -0.4 is 5.32 Å². The maximum atomic E-state index is 10.1. The minimum absolute atomic E-state index is 0.0786. The Morgan fingerprint density at radius 3 is 2.88 bits per heavy atom. The third kappa shape index (κ3) is 1.88. The van der Waals surface area contributed by atoms with E-state index < -0.39 is 0 Å². The number of ether oxygens (including phenoxy) is 1. The smallest absolute Gasteiger partial charge is 0.121 e. The average molecular weight is 229 g/mol. The molecule has 0 aromatic heterocycles. The van der Waals surface area contributed by atoms with Gasteiger partial charge in [-0.2, -0.15) is 0 Å². The molecule has 3 rings (SSSR count). The van der Waals surface area contributed by atoms with Crippen LogP contribution in [-0.2, 0) is 4.74 Å². The Balaban J connectivity index is 2.15. The minimum Gasteiger partial charge on any atom is -0.508 e. The molecule has 1 saturated heterocycles. The zero-order chi connectivity index (χ0) is 11.7. The summed E-state index contributed by atoms with van der Waals surface area (Å²) in [4.78, 5) is 0. The van der Waals surface area contributed by atoms with E-state index in [2.05, 4.69) is 11.4 Å². The predicted molar refractivity (Wildman–Crippen MR) is 67.2 cm³/mol. The topological polar surface area (TPSA) is 41.5 Å². The van der Waals surface area contributed by atoms with Crippen molar-refractivity contribution < 1.29 is 9.84 Å². The molecule has 1 heterocycles. The number of morpholine rings is 1. The number of benzene rings is 2. The summed E-state index contributed by atoms with van der Waals surface area (Å²) in [5, 5.41) is 15.7. The molecule has 3 heteroatoms. The number of nitrogens with one attached hydrogen (secondary N) is 1. The number of aromatic hydroxyl groups is 1. The van der Waals surface area contributed by atoms with Crippen molar-refractivity contribution in [1.29, 1.82) is 0 Å². The molecule has 1 atom stereocenters. The van der Waals surface area contributed by atoms with E-state index in [1.165, 1.54) is 0 Å². The molecule has 2 aromatic carbocycles. The van der Waals surface area contributed by atoms with Crippen molar-refractivity contribution in [2.45, 2.75) is 6.04 Å². The van der Waals surface area contributed by atoms with Crippen molar-refractivity contribution in [3.8, 4) is 5.75 Å². The van der Waals surface area contributed by atoms with Crippen molar-refractivity contribution in [1.82, 2.24) is 5.32 Å². The Hall–Kier alpha value is -1.58. The molecule has 3 nitrogen and oxygen atoms in total. The first-order valence-corrected chi connectivity index (χ1v) is 5.88. The van der Waals surface area contributed by atoms with Gasteiger partial charge in [0.1, 0.15) is 5.75 Å². The summed E-state index contributed by atoms with van der Waals surface area (Å²) in [6.07, 6.45) is 0. The SMILES string of the molecule is Oc1ccc2ccccc2c1[C@@H]1COCCN1. The highest BCUT2D eigenvalue weighted by Crippen LogP contribution is 2.33. The number of fused-ring (bicyclic) bond motifs is 1. The second-order valence-electron chi connectivity index (χ2n) is 4.30. The quantitative estimate of drug-likeness (QED) is 0.787. The molecule has 1 aliphatic rings. The van der Waals surface area contributed by atoms with Crippen LogP contribution in [0.25, 0.3) is 10.8 Å². The van der Waals surface area contributed by atoms with Gasteiger partial charge in [-0.05, 0) is 16.8 Å². The van der Waals surface area contributed by atoms with Crippen molar-refractivity contribution >= 4 is 10.8 Å². The molecule has 0 bridgehead atoms. The second-order valence-corrected chi connectivity index (χ2v) is 4.30. The summed E-state index contributed by atoms with van der Waals surface area (Å²) in [6, 6.07) is 11.9. The number of hydrogen-bond acceptors (Lipinski definition) is 3. The van der Waals surface area contributed by atoms with Crippen LogP contribution in [0.3, 0.4) is 0 Å². The molecule has 17 heavy (non-hydrogen) atoms. The van der Waals surface area contributed by atoms with E-state index in [1.807, 2.05) is 24.3 Å². The minimum atomic E-state index is 0.0786. The highest BCUT2D eigenvalue weighted by molar-refractivity contribution is 5.88. The predicted octanol–water partition coefficient (Wildman–Crippen LogP) is 2.21. The van der Waals surface area contributed by atoms with Gasteiger partial charge < -0.3 is 15.2 Å².